The molecule has 0 saturated carbocycles. The van der Waals surface area contributed by atoms with Gasteiger partial charge in [-0.3, -0.25) is 0 Å². The third-order valence-electron chi connectivity index (χ3n) is 3.78. The number of aromatic hydroxyl groups is 1. The summed E-state index contributed by atoms with van der Waals surface area (Å²) >= 11 is 0. The maximum Gasteiger partial charge on any atom is 0.141 e. The molecule has 0 bridgehead atoms. The lowest BCUT2D eigenvalue weighted by molar-refractivity contribution is 0.476. The van der Waals surface area contributed by atoms with Crippen molar-refractivity contribution in [2.75, 3.05) is 11.4 Å². The van der Waals surface area contributed by atoms with E-state index in [0.29, 0.717) is 11.6 Å². The zero-order valence-electron chi connectivity index (χ0n) is 10.6. The Labute approximate surface area is 107 Å². The second-order valence-electron chi connectivity index (χ2n) is 5.06. The topological polar surface area (TPSA) is 36.4 Å². The summed E-state index contributed by atoms with van der Waals surface area (Å²) in [6.45, 7) is 3.31. The van der Waals surface area contributed by atoms with Crippen LogP contribution in [-0.4, -0.2) is 22.7 Å². The van der Waals surface area contributed by atoms with E-state index in [-0.39, 0.29) is 5.75 Å². The van der Waals surface area contributed by atoms with E-state index < -0.39 is 0 Å². The molecule has 1 aromatic heterocycles. The first-order valence-electron chi connectivity index (χ1n) is 6.61. The number of benzene rings is 1. The van der Waals surface area contributed by atoms with Crippen LogP contribution in [0.15, 0.2) is 30.3 Å². The molecule has 0 amide bonds. The van der Waals surface area contributed by atoms with Gasteiger partial charge >= 0.3 is 0 Å². The van der Waals surface area contributed by atoms with Gasteiger partial charge in [-0.25, -0.2) is 4.98 Å². The number of nitrogens with zero attached hydrogens (tertiary/aromatic N) is 2. The Hall–Kier alpha value is -1.77. The molecule has 2 heterocycles. The van der Waals surface area contributed by atoms with Gasteiger partial charge in [0, 0.05) is 18.0 Å². The average molecular weight is 242 g/mol. The van der Waals surface area contributed by atoms with Gasteiger partial charge in [-0.15, -0.1) is 0 Å². The third kappa shape index (κ3) is 1.90. The first-order valence-corrected chi connectivity index (χ1v) is 6.61. The van der Waals surface area contributed by atoms with Crippen molar-refractivity contribution in [2.24, 2.45) is 0 Å². The van der Waals surface area contributed by atoms with Gasteiger partial charge in [-0.2, -0.15) is 0 Å². The summed E-state index contributed by atoms with van der Waals surface area (Å²) in [6, 6.07) is 10.2. The van der Waals surface area contributed by atoms with E-state index in [2.05, 4.69) is 22.9 Å². The highest BCUT2D eigenvalue weighted by Crippen LogP contribution is 2.28. The minimum atomic E-state index is 0.263. The molecule has 1 atom stereocenters. The Morgan fingerprint density at radius 3 is 2.94 bits per heavy atom. The summed E-state index contributed by atoms with van der Waals surface area (Å²) in [5.41, 5.74) is 0.702. The van der Waals surface area contributed by atoms with E-state index in [1.54, 1.807) is 6.07 Å². The molecule has 3 nitrogen and oxygen atoms in total. The molecule has 0 aliphatic carbocycles. The van der Waals surface area contributed by atoms with Crippen molar-refractivity contribution in [2.45, 2.75) is 32.2 Å². The summed E-state index contributed by atoms with van der Waals surface area (Å²) in [5.74, 6) is 1.25. The van der Waals surface area contributed by atoms with Crippen LogP contribution in [-0.2, 0) is 0 Å². The largest absolute Gasteiger partial charge is 0.506 e. The van der Waals surface area contributed by atoms with Crippen LogP contribution in [0.2, 0.25) is 0 Å². The molecular formula is C15H18N2O. The van der Waals surface area contributed by atoms with Crippen LogP contribution in [0, 0.1) is 0 Å². The quantitative estimate of drug-likeness (QED) is 0.833. The van der Waals surface area contributed by atoms with Crippen molar-refractivity contribution in [3.05, 3.63) is 30.3 Å². The number of pyridine rings is 1. The Bertz CT molecular complexity index is 567. The fourth-order valence-corrected chi connectivity index (χ4v) is 2.72. The van der Waals surface area contributed by atoms with Gasteiger partial charge in [-0.05, 0) is 44.4 Å². The number of phenols is 1. The summed E-state index contributed by atoms with van der Waals surface area (Å²) < 4.78 is 0. The zero-order chi connectivity index (χ0) is 12.5. The monoisotopic (exact) mass is 242 g/mol. The first-order chi connectivity index (χ1) is 8.75. The van der Waals surface area contributed by atoms with Gasteiger partial charge in [0.05, 0.1) is 0 Å². The predicted molar refractivity (Wildman–Crippen MR) is 74.1 cm³/mol. The van der Waals surface area contributed by atoms with E-state index in [1.807, 2.05) is 18.2 Å². The van der Waals surface area contributed by atoms with Gasteiger partial charge in [0.2, 0.25) is 0 Å². The fraction of sp³-hybridized carbons (Fsp3) is 0.400. The van der Waals surface area contributed by atoms with Crippen molar-refractivity contribution < 1.29 is 5.11 Å². The predicted octanol–water partition coefficient (Wildman–Crippen LogP) is 3.32. The highest BCUT2D eigenvalue weighted by molar-refractivity contribution is 5.85. The van der Waals surface area contributed by atoms with Crippen LogP contribution in [0.3, 0.4) is 0 Å². The van der Waals surface area contributed by atoms with Gasteiger partial charge in [-0.1, -0.05) is 12.1 Å². The number of anilines is 1. The number of aromatic nitrogens is 1. The number of phenolic OH excluding ortho intramolecular Hbond substituents is 1. The van der Waals surface area contributed by atoms with Gasteiger partial charge in [0.15, 0.2) is 0 Å². The number of rotatable bonds is 1. The van der Waals surface area contributed by atoms with Crippen LogP contribution >= 0.6 is 0 Å². The number of piperidine rings is 1. The van der Waals surface area contributed by atoms with E-state index in [4.69, 9.17) is 0 Å². The SMILES string of the molecule is CC1CCCCN1c1ccc2cccc(O)c2n1. The standard InChI is InChI=1S/C15H18N2O/c1-11-5-2-3-10-17(11)14-9-8-12-6-4-7-13(18)15(12)16-14/h4,6-9,11,18H,2-3,5,10H2,1H3. The third-order valence-corrected chi connectivity index (χ3v) is 3.78. The Morgan fingerprint density at radius 2 is 2.11 bits per heavy atom. The molecule has 1 aliphatic heterocycles. The van der Waals surface area contributed by atoms with Crippen molar-refractivity contribution in [1.29, 1.82) is 0 Å². The fourth-order valence-electron chi connectivity index (χ4n) is 2.72. The highest BCUT2D eigenvalue weighted by atomic mass is 16.3. The molecule has 1 unspecified atom stereocenters. The molecule has 1 fully saturated rings. The van der Waals surface area contributed by atoms with Crippen molar-refractivity contribution in [3.63, 3.8) is 0 Å². The summed E-state index contributed by atoms with van der Waals surface area (Å²) in [5, 5.41) is 10.9. The molecule has 3 rings (SSSR count). The molecule has 3 heteroatoms. The van der Waals surface area contributed by atoms with Gasteiger partial charge in [0.25, 0.3) is 0 Å². The Kier molecular flexibility index (Phi) is 2.82. The smallest absolute Gasteiger partial charge is 0.141 e. The molecule has 2 aromatic rings. The lowest BCUT2D eigenvalue weighted by Gasteiger charge is -2.34. The molecule has 1 saturated heterocycles. The molecule has 1 aromatic carbocycles. The van der Waals surface area contributed by atoms with Crippen molar-refractivity contribution in [1.82, 2.24) is 4.98 Å². The Morgan fingerprint density at radius 1 is 1.22 bits per heavy atom. The maximum absolute atomic E-state index is 9.88. The molecule has 0 spiro atoms. The molecule has 1 aliphatic rings. The first kappa shape index (κ1) is 11.3. The van der Waals surface area contributed by atoms with Crippen molar-refractivity contribution >= 4 is 16.7 Å². The molecule has 94 valence electrons. The summed E-state index contributed by atoms with van der Waals surface area (Å²) in [6.07, 6.45) is 3.75. The Balaban J connectivity index is 2.04. The van der Waals surface area contributed by atoms with Gasteiger partial charge < -0.3 is 10.0 Å². The highest BCUT2D eigenvalue weighted by Gasteiger charge is 2.19. The van der Waals surface area contributed by atoms with Crippen LogP contribution in [0.5, 0.6) is 5.75 Å². The van der Waals surface area contributed by atoms with E-state index >= 15 is 0 Å². The van der Waals surface area contributed by atoms with E-state index in [0.717, 1.165) is 17.7 Å². The number of fused-ring (bicyclic) bond motifs is 1. The minimum Gasteiger partial charge on any atom is -0.506 e. The van der Waals surface area contributed by atoms with Crippen LogP contribution in [0.1, 0.15) is 26.2 Å². The van der Waals surface area contributed by atoms with Gasteiger partial charge in [0.1, 0.15) is 17.1 Å². The molecule has 0 radical (unpaired) electrons. The zero-order valence-corrected chi connectivity index (χ0v) is 10.6. The summed E-state index contributed by atoms with van der Waals surface area (Å²) in [4.78, 5) is 6.97. The number of hydrogen-bond donors (Lipinski definition) is 1. The van der Waals surface area contributed by atoms with E-state index in [9.17, 15) is 5.11 Å². The second kappa shape index (κ2) is 4.48. The average Bonchev–Trinajstić information content (AvgIpc) is 2.40. The maximum atomic E-state index is 9.88. The lowest BCUT2D eigenvalue weighted by Crippen LogP contribution is -2.37. The summed E-state index contributed by atoms with van der Waals surface area (Å²) in [7, 11) is 0. The van der Waals surface area contributed by atoms with Crippen LogP contribution in [0.4, 0.5) is 5.82 Å². The number of hydrogen-bond acceptors (Lipinski definition) is 3. The van der Waals surface area contributed by atoms with Crippen molar-refractivity contribution in [3.8, 4) is 5.75 Å². The van der Waals surface area contributed by atoms with E-state index in [1.165, 1.54) is 19.3 Å². The lowest BCUT2D eigenvalue weighted by atomic mass is 10.0. The van der Waals surface area contributed by atoms with Crippen LogP contribution in [0.25, 0.3) is 10.9 Å². The molecule has 18 heavy (non-hydrogen) atoms. The molecule has 1 N–H and O–H groups in total. The van der Waals surface area contributed by atoms with Crippen LogP contribution < -0.4 is 4.90 Å². The number of para-hydroxylation sites is 1. The minimum absolute atomic E-state index is 0.263. The normalized spacial score (nSPS) is 20.3. The second-order valence-corrected chi connectivity index (χ2v) is 5.06. The molecular weight excluding hydrogens is 224 g/mol.